The molecule has 2 N–H and O–H groups in total. The number of hydrogen-bond donors (Lipinski definition) is 1. The fourth-order valence-corrected chi connectivity index (χ4v) is 3.72. The number of aromatic nitrogens is 3. The predicted octanol–water partition coefficient (Wildman–Crippen LogP) is 2.88. The summed E-state index contributed by atoms with van der Waals surface area (Å²) in [5.74, 6) is 0.939. The Bertz CT molecular complexity index is 831. The Balaban J connectivity index is 1.77. The standard InChI is InChI=1S/C14H12ClN5S/c15-8-1-2-9-11(5-8)17-7-18-13(9)20-4-3-10-12(6-20)21-14(16)19-10/h1-2,5,7H,3-4,6H2,(H2,16,19). The Morgan fingerprint density at radius 3 is 3.10 bits per heavy atom. The normalized spacial score (nSPS) is 14.4. The zero-order valence-corrected chi connectivity index (χ0v) is 12.7. The predicted molar refractivity (Wildman–Crippen MR) is 85.8 cm³/mol. The molecule has 0 unspecified atom stereocenters. The van der Waals surface area contributed by atoms with Crippen LogP contribution in [0.15, 0.2) is 24.5 Å². The van der Waals surface area contributed by atoms with Crippen LogP contribution >= 0.6 is 22.9 Å². The van der Waals surface area contributed by atoms with Crippen LogP contribution in [0.1, 0.15) is 10.6 Å². The minimum absolute atomic E-state index is 0.640. The molecule has 0 saturated heterocycles. The zero-order chi connectivity index (χ0) is 14.4. The third-order valence-corrected chi connectivity index (χ3v) is 4.77. The van der Waals surface area contributed by atoms with Crippen LogP contribution in [0.4, 0.5) is 10.9 Å². The van der Waals surface area contributed by atoms with E-state index in [0.717, 1.165) is 41.9 Å². The second-order valence-corrected chi connectivity index (χ2v) is 6.50. The molecule has 1 aliphatic rings. The third-order valence-electron chi connectivity index (χ3n) is 3.62. The molecule has 106 valence electrons. The number of nitrogen functional groups attached to an aromatic ring is 1. The fourth-order valence-electron chi connectivity index (χ4n) is 2.66. The van der Waals surface area contributed by atoms with Gasteiger partial charge in [0.05, 0.1) is 17.8 Å². The van der Waals surface area contributed by atoms with Gasteiger partial charge in [-0.1, -0.05) is 11.6 Å². The molecule has 0 fully saturated rings. The number of nitrogens with zero attached hydrogens (tertiary/aromatic N) is 4. The van der Waals surface area contributed by atoms with Crippen molar-refractivity contribution in [2.24, 2.45) is 0 Å². The summed E-state index contributed by atoms with van der Waals surface area (Å²) < 4.78 is 0. The van der Waals surface area contributed by atoms with E-state index < -0.39 is 0 Å². The average Bonchev–Trinajstić information content (AvgIpc) is 2.85. The maximum Gasteiger partial charge on any atom is 0.180 e. The van der Waals surface area contributed by atoms with Crippen molar-refractivity contribution in [3.8, 4) is 0 Å². The van der Waals surface area contributed by atoms with Gasteiger partial charge in [0.25, 0.3) is 0 Å². The van der Waals surface area contributed by atoms with Crippen molar-refractivity contribution < 1.29 is 0 Å². The molecule has 0 bridgehead atoms. The van der Waals surface area contributed by atoms with Crippen LogP contribution in [0.2, 0.25) is 5.02 Å². The second kappa shape index (κ2) is 4.82. The first-order valence-corrected chi connectivity index (χ1v) is 7.79. The van der Waals surface area contributed by atoms with Crippen LogP contribution in [0.25, 0.3) is 10.9 Å². The molecular weight excluding hydrogens is 306 g/mol. The summed E-state index contributed by atoms with van der Waals surface area (Å²) in [7, 11) is 0. The van der Waals surface area contributed by atoms with Crippen LogP contribution in [0.5, 0.6) is 0 Å². The lowest BCUT2D eigenvalue weighted by Crippen LogP contribution is -2.30. The van der Waals surface area contributed by atoms with Crippen molar-refractivity contribution in [2.75, 3.05) is 17.2 Å². The fraction of sp³-hybridized carbons (Fsp3) is 0.214. The van der Waals surface area contributed by atoms with Gasteiger partial charge in [0.2, 0.25) is 0 Å². The molecule has 0 amide bonds. The second-order valence-electron chi connectivity index (χ2n) is 4.95. The first kappa shape index (κ1) is 12.8. The van der Waals surface area contributed by atoms with Gasteiger partial charge in [-0.15, -0.1) is 11.3 Å². The minimum atomic E-state index is 0.640. The highest BCUT2D eigenvalue weighted by Crippen LogP contribution is 2.32. The first-order valence-electron chi connectivity index (χ1n) is 6.60. The van der Waals surface area contributed by atoms with Crippen LogP contribution in [-0.4, -0.2) is 21.5 Å². The van der Waals surface area contributed by atoms with Crippen LogP contribution in [0.3, 0.4) is 0 Å². The Morgan fingerprint density at radius 1 is 1.29 bits per heavy atom. The lowest BCUT2D eigenvalue weighted by atomic mass is 10.1. The molecule has 1 aliphatic heterocycles. The van der Waals surface area contributed by atoms with E-state index in [0.29, 0.717) is 10.2 Å². The summed E-state index contributed by atoms with van der Waals surface area (Å²) in [5, 5.41) is 2.34. The van der Waals surface area contributed by atoms with E-state index in [2.05, 4.69) is 19.9 Å². The smallest absolute Gasteiger partial charge is 0.180 e. The molecule has 0 spiro atoms. The van der Waals surface area contributed by atoms with Gasteiger partial charge >= 0.3 is 0 Å². The van der Waals surface area contributed by atoms with Crippen molar-refractivity contribution >= 4 is 44.8 Å². The lowest BCUT2D eigenvalue weighted by molar-refractivity contribution is 0.721. The van der Waals surface area contributed by atoms with Gasteiger partial charge in [-0.05, 0) is 18.2 Å². The SMILES string of the molecule is Nc1nc2c(s1)CN(c1ncnc3cc(Cl)ccc13)CC2. The Kier molecular flexibility index (Phi) is 2.94. The quantitative estimate of drug-likeness (QED) is 0.747. The van der Waals surface area contributed by atoms with Crippen LogP contribution in [-0.2, 0) is 13.0 Å². The molecule has 7 heteroatoms. The van der Waals surface area contributed by atoms with Gasteiger partial charge in [0.15, 0.2) is 5.13 Å². The molecule has 5 nitrogen and oxygen atoms in total. The summed E-state index contributed by atoms with van der Waals surface area (Å²) >= 11 is 7.59. The molecule has 4 rings (SSSR count). The molecule has 0 aliphatic carbocycles. The molecule has 2 aromatic heterocycles. The summed E-state index contributed by atoms with van der Waals surface area (Å²) in [6.45, 7) is 1.67. The number of rotatable bonds is 1. The number of fused-ring (bicyclic) bond motifs is 2. The molecule has 0 saturated carbocycles. The highest BCUT2D eigenvalue weighted by atomic mass is 35.5. The highest BCUT2D eigenvalue weighted by molar-refractivity contribution is 7.15. The molecule has 0 atom stereocenters. The maximum atomic E-state index is 6.03. The number of thiazole rings is 1. The zero-order valence-electron chi connectivity index (χ0n) is 11.1. The Labute approximate surface area is 130 Å². The summed E-state index contributed by atoms with van der Waals surface area (Å²) in [6, 6.07) is 5.71. The van der Waals surface area contributed by atoms with Gasteiger partial charge in [-0.3, -0.25) is 0 Å². The number of nitrogens with two attached hydrogens (primary N) is 1. The van der Waals surface area contributed by atoms with E-state index in [4.69, 9.17) is 17.3 Å². The van der Waals surface area contributed by atoms with Gasteiger partial charge in [-0.2, -0.15) is 0 Å². The molecule has 1 aromatic carbocycles. The van der Waals surface area contributed by atoms with Crippen molar-refractivity contribution in [3.63, 3.8) is 0 Å². The van der Waals surface area contributed by atoms with Crippen molar-refractivity contribution in [3.05, 3.63) is 40.1 Å². The third kappa shape index (κ3) is 2.20. The van der Waals surface area contributed by atoms with Crippen molar-refractivity contribution in [1.29, 1.82) is 0 Å². The molecular formula is C14H12ClN5S. The van der Waals surface area contributed by atoms with E-state index in [1.807, 2.05) is 18.2 Å². The first-order chi connectivity index (χ1) is 10.2. The maximum absolute atomic E-state index is 6.03. The number of halogens is 1. The Morgan fingerprint density at radius 2 is 2.19 bits per heavy atom. The highest BCUT2D eigenvalue weighted by Gasteiger charge is 2.22. The number of benzene rings is 1. The van der Waals surface area contributed by atoms with E-state index in [1.54, 1.807) is 17.7 Å². The van der Waals surface area contributed by atoms with E-state index in [-0.39, 0.29) is 0 Å². The van der Waals surface area contributed by atoms with E-state index in [1.165, 1.54) is 4.88 Å². The van der Waals surface area contributed by atoms with E-state index >= 15 is 0 Å². The molecule has 3 aromatic rings. The van der Waals surface area contributed by atoms with Crippen LogP contribution in [0, 0.1) is 0 Å². The Hall–Kier alpha value is -1.92. The average molecular weight is 318 g/mol. The van der Waals surface area contributed by atoms with Crippen LogP contribution < -0.4 is 10.6 Å². The topological polar surface area (TPSA) is 67.9 Å². The monoisotopic (exact) mass is 317 g/mol. The van der Waals surface area contributed by atoms with E-state index in [9.17, 15) is 0 Å². The number of hydrogen-bond acceptors (Lipinski definition) is 6. The number of anilines is 2. The largest absolute Gasteiger partial charge is 0.375 e. The van der Waals surface area contributed by atoms with Gasteiger partial charge in [-0.25, -0.2) is 15.0 Å². The molecule has 21 heavy (non-hydrogen) atoms. The summed E-state index contributed by atoms with van der Waals surface area (Å²) in [5.41, 5.74) is 7.78. The summed E-state index contributed by atoms with van der Waals surface area (Å²) in [4.78, 5) is 16.6. The van der Waals surface area contributed by atoms with Gasteiger partial charge in [0.1, 0.15) is 12.1 Å². The van der Waals surface area contributed by atoms with Crippen molar-refractivity contribution in [2.45, 2.75) is 13.0 Å². The van der Waals surface area contributed by atoms with Crippen molar-refractivity contribution in [1.82, 2.24) is 15.0 Å². The summed E-state index contributed by atoms with van der Waals surface area (Å²) in [6.07, 6.45) is 2.48. The minimum Gasteiger partial charge on any atom is -0.375 e. The molecule has 0 radical (unpaired) electrons. The molecule has 3 heterocycles. The van der Waals surface area contributed by atoms with Gasteiger partial charge < -0.3 is 10.6 Å². The van der Waals surface area contributed by atoms with Gasteiger partial charge in [0, 0.05) is 28.3 Å². The lowest BCUT2D eigenvalue weighted by Gasteiger charge is -2.27.